The van der Waals surface area contributed by atoms with Crippen molar-refractivity contribution in [2.75, 3.05) is 7.11 Å². The van der Waals surface area contributed by atoms with Gasteiger partial charge in [0.2, 0.25) is 0 Å². The molecule has 1 saturated heterocycles. The lowest BCUT2D eigenvalue weighted by Gasteiger charge is -2.59. The summed E-state index contributed by atoms with van der Waals surface area (Å²) in [6.45, 7) is 1.82. The number of carbonyl (C=O) groups excluding carboxylic acids is 1. The number of thiocarbonyl (C=S) groups is 1. The summed E-state index contributed by atoms with van der Waals surface area (Å²) in [7, 11) is 1.35. The van der Waals surface area contributed by atoms with Crippen LogP contribution in [0.25, 0.3) is 0 Å². The van der Waals surface area contributed by atoms with Crippen molar-refractivity contribution in [2.24, 2.45) is 16.1 Å². The van der Waals surface area contributed by atoms with Gasteiger partial charge >= 0.3 is 5.97 Å². The number of guanidine groups is 1. The second-order valence-electron chi connectivity index (χ2n) is 7.56. The highest BCUT2D eigenvalue weighted by Gasteiger charge is 2.69. The molecule has 9 heteroatoms. The summed E-state index contributed by atoms with van der Waals surface area (Å²) in [5.74, 6) is -0.206. The van der Waals surface area contributed by atoms with Gasteiger partial charge in [0.25, 0.3) is 0 Å². The lowest BCUT2D eigenvalue weighted by atomic mass is 9.60. The van der Waals surface area contributed by atoms with Gasteiger partial charge in [0.1, 0.15) is 17.5 Å². The Morgan fingerprint density at radius 3 is 2.43 bits per heavy atom. The second kappa shape index (κ2) is 7.17. The Morgan fingerprint density at radius 2 is 1.80 bits per heavy atom. The largest absolute Gasteiger partial charge is 0.508 e. The highest BCUT2D eigenvalue weighted by molar-refractivity contribution is 7.80. The first-order chi connectivity index (χ1) is 14.3. The van der Waals surface area contributed by atoms with Gasteiger partial charge in [-0.1, -0.05) is 42.5 Å². The summed E-state index contributed by atoms with van der Waals surface area (Å²) in [6, 6.07) is 14.8. The molecule has 0 bridgehead atoms. The van der Waals surface area contributed by atoms with Gasteiger partial charge in [-0.3, -0.25) is 4.79 Å². The van der Waals surface area contributed by atoms with Crippen LogP contribution in [0.1, 0.15) is 30.1 Å². The van der Waals surface area contributed by atoms with Crippen LogP contribution in [-0.4, -0.2) is 34.9 Å². The Hall–Kier alpha value is -3.33. The predicted molar refractivity (Wildman–Crippen MR) is 117 cm³/mol. The van der Waals surface area contributed by atoms with Crippen molar-refractivity contribution in [2.45, 2.75) is 24.7 Å². The number of aliphatic imine (C=N–C) groups is 1. The Labute approximate surface area is 179 Å². The van der Waals surface area contributed by atoms with E-state index in [1.54, 1.807) is 24.3 Å². The molecule has 2 aromatic carbocycles. The summed E-state index contributed by atoms with van der Waals surface area (Å²) in [5, 5.41) is 19.7. The van der Waals surface area contributed by atoms with E-state index in [4.69, 9.17) is 22.7 Å². The molecule has 4 rings (SSSR count). The van der Waals surface area contributed by atoms with E-state index in [0.29, 0.717) is 10.7 Å². The second-order valence-corrected chi connectivity index (χ2v) is 7.97. The third-order valence-corrected chi connectivity index (χ3v) is 6.08. The number of rotatable bonds is 3. The summed E-state index contributed by atoms with van der Waals surface area (Å²) in [4.78, 5) is 18.3. The van der Waals surface area contributed by atoms with Crippen molar-refractivity contribution in [3.63, 3.8) is 0 Å². The molecule has 8 nitrogen and oxygen atoms in total. The number of fused-ring (bicyclic) bond motifs is 1. The van der Waals surface area contributed by atoms with Gasteiger partial charge in [0, 0.05) is 0 Å². The number of methoxy groups -OCH3 is 1. The first kappa shape index (κ1) is 20.0. The Kier molecular flexibility index (Phi) is 4.77. The standard InChI is InChI=1S/C21H23N5O3S/c1-20-21(17(28)29-2,16(24-19(30)26-20)12-6-4-3-5-7-12)15(23-18(22)25-20)13-8-10-14(27)11-9-13/h3-11,15-16,27H,1-2H3,(H3,22,23,25)(H2,24,26,30)/t15?,16-,20-,21-/m1/s1. The predicted octanol–water partition coefficient (Wildman–Crippen LogP) is 1.45. The van der Waals surface area contributed by atoms with Gasteiger partial charge in [-0.2, -0.15) is 0 Å². The smallest absolute Gasteiger partial charge is 0.321 e. The number of carbonyl (C=O) groups is 1. The van der Waals surface area contributed by atoms with Gasteiger partial charge in [0.05, 0.1) is 13.2 Å². The van der Waals surface area contributed by atoms with Crippen LogP contribution < -0.4 is 21.7 Å². The van der Waals surface area contributed by atoms with E-state index in [-0.39, 0.29) is 11.7 Å². The molecule has 4 atom stereocenters. The molecular weight excluding hydrogens is 402 g/mol. The molecule has 2 aromatic rings. The minimum absolute atomic E-state index is 0.111. The van der Waals surface area contributed by atoms with Crippen molar-refractivity contribution in [3.8, 4) is 5.75 Å². The maximum absolute atomic E-state index is 13.6. The fourth-order valence-corrected chi connectivity index (χ4v) is 4.91. The number of nitrogens with zero attached hydrogens (tertiary/aromatic N) is 1. The van der Waals surface area contributed by atoms with Crippen molar-refractivity contribution in [1.82, 2.24) is 16.0 Å². The summed E-state index contributed by atoms with van der Waals surface area (Å²) in [5.41, 5.74) is 5.27. The molecule has 0 radical (unpaired) electrons. The quantitative estimate of drug-likeness (QED) is 0.370. The van der Waals surface area contributed by atoms with Crippen molar-refractivity contribution < 1.29 is 14.6 Å². The molecule has 2 heterocycles. The van der Waals surface area contributed by atoms with Crippen LogP contribution in [0, 0.1) is 5.41 Å². The SMILES string of the molecule is COC(=O)[C@]12C(c3ccc(O)cc3)N=C(N)N[C@]1(C)NC(=S)N[C@@H]2c1ccccc1. The van der Waals surface area contributed by atoms with E-state index in [1.165, 1.54) is 7.11 Å². The monoisotopic (exact) mass is 425 g/mol. The number of nitrogens with two attached hydrogens (primary N) is 1. The minimum Gasteiger partial charge on any atom is -0.508 e. The molecule has 0 saturated carbocycles. The first-order valence-corrected chi connectivity index (χ1v) is 9.85. The molecule has 6 N–H and O–H groups in total. The fourth-order valence-electron chi connectivity index (χ4n) is 4.58. The lowest BCUT2D eigenvalue weighted by Crippen LogP contribution is -2.81. The van der Waals surface area contributed by atoms with Crippen LogP contribution in [-0.2, 0) is 9.53 Å². The number of hydrogen-bond acceptors (Lipinski definition) is 7. The number of nitrogens with one attached hydrogen (secondary N) is 3. The maximum Gasteiger partial charge on any atom is 0.321 e. The Balaban J connectivity index is 2.03. The zero-order valence-electron chi connectivity index (χ0n) is 16.5. The average molecular weight is 426 g/mol. The van der Waals surface area contributed by atoms with E-state index in [1.807, 2.05) is 37.3 Å². The maximum atomic E-state index is 13.6. The van der Waals surface area contributed by atoms with E-state index in [0.717, 1.165) is 5.56 Å². The summed E-state index contributed by atoms with van der Waals surface area (Å²) in [6.07, 6.45) is 0. The lowest BCUT2D eigenvalue weighted by molar-refractivity contribution is -0.166. The first-order valence-electron chi connectivity index (χ1n) is 9.44. The van der Waals surface area contributed by atoms with Crippen LogP contribution in [0.4, 0.5) is 0 Å². The molecule has 0 spiro atoms. The van der Waals surface area contributed by atoms with Gasteiger partial charge in [-0.25, -0.2) is 4.99 Å². The molecule has 30 heavy (non-hydrogen) atoms. The van der Waals surface area contributed by atoms with Gasteiger partial charge < -0.3 is 31.5 Å². The normalized spacial score (nSPS) is 30.1. The van der Waals surface area contributed by atoms with E-state index >= 15 is 0 Å². The third-order valence-electron chi connectivity index (χ3n) is 5.86. The van der Waals surface area contributed by atoms with Crippen LogP contribution in [0.2, 0.25) is 0 Å². The van der Waals surface area contributed by atoms with Crippen molar-refractivity contribution in [3.05, 3.63) is 65.7 Å². The minimum atomic E-state index is -1.31. The van der Waals surface area contributed by atoms with Crippen LogP contribution >= 0.6 is 12.2 Å². The molecule has 2 aliphatic rings. The van der Waals surface area contributed by atoms with Crippen molar-refractivity contribution >= 4 is 29.3 Å². The third kappa shape index (κ3) is 2.85. The van der Waals surface area contributed by atoms with Crippen LogP contribution in [0.5, 0.6) is 5.75 Å². The number of phenols is 1. The number of esters is 1. The average Bonchev–Trinajstić information content (AvgIpc) is 2.72. The summed E-state index contributed by atoms with van der Waals surface area (Å²) >= 11 is 5.48. The van der Waals surface area contributed by atoms with Crippen LogP contribution in [0.3, 0.4) is 0 Å². The van der Waals surface area contributed by atoms with Gasteiger partial charge in [-0.15, -0.1) is 0 Å². The molecule has 0 amide bonds. The molecule has 1 fully saturated rings. The highest BCUT2D eigenvalue weighted by Crippen LogP contribution is 2.56. The molecule has 156 valence electrons. The molecule has 0 aromatic heterocycles. The zero-order valence-corrected chi connectivity index (χ0v) is 17.4. The van der Waals surface area contributed by atoms with Crippen LogP contribution in [0.15, 0.2) is 59.6 Å². The highest BCUT2D eigenvalue weighted by atomic mass is 32.1. The molecule has 2 aliphatic heterocycles. The van der Waals surface area contributed by atoms with Gasteiger partial charge in [0.15, 0.2) is 16.5 Å². The molecular formula is C21H23N5O3S. The number of phenolic OH excluding ortho intramolecular Hbond substituents is 1. The number of benzene rings is 2. The van der Waals surface area contributed by atoms with E-state index < -0.39 is 29.1 Å². The number of aromatic hydroxyl groups is 1. The fraction of sp³-hybridized carbons (Fsp3) is 0.286. The molecule has 1 unspecified atom stereocenters. The van der Waals surface area contributed by atoms with E-state index in [2.05, 4.69) is 20.9 Å². The topological polar surface area (TPSA) is 121 Å². The summed E-state index contributed by atoms with van der Waals surface area (Å²) < 4.78 is 5.35. The van der Waals surface area contributed by atoms with Gasteiger partial charge in [-0.05, 0) is 42.4 Å². The Morgan fingerprint density at radius 1 is 1.13 bits per heavy atom. The zero-order chi connectivity index (χ0) is 21.5. The number of ether oxygens (including phenoxy) is 1. The Bertz CT molecular complexity index is 1010. The van der Waals surface area contributed by atoms with Crippen molar-refractivity contribution in [1.29, 1.82) is 0 Å². The molecule has 0 aliphatic carbocycles. The number of hydrogen-bond donors (Lipinski definition) is 5. The van der Waals surface area contributed by atoms with E-state index in [9.17, 15) is 9.90 Å².